The zero-order valence-corrected chi connectivity index (χ0v) is 19.6. The Morgan fingerprint density at radius 3 is 2.71 bits per heavy atom. The average Bonchev–Trinajstić information content (AvgIpc) is 3.48. The van der Waals surface area contributed by atoms with E-state index in [2.05, 4.69) is 39.5 Å². The zero-order valence-electron chi connectivity index (χ0n) is 19.6. The maximum Gasteiger partial charge on any atom is 0.284 e. The Bertz CT molecular complexity index is 1120. The number of carbonyl (C=O) groups is 1. The van der Waals surface area contributed by atoms with Crippen molar-refractivity contribution in [3.63, 3.8) is 0 Å². The van der Waals surface area contributed by atoms with Gasteiger partial charge in [0, 0.05) is 24.5 Å². The number of nitrogens with zero attached hydrogens (tertiary/aromatic N) is 4. The van der Waals surface area contributed by atoms with Gasteiger partial charge in [0.2, 0.25) is 5.89 Å². The summed E-state index contributed by atoms with van der Waals surface area (Å²) >= 11 is 0. The van der Waals surface area contributed by atoms with Gasteiger partial charge in [-0.15, -0.1) is 0 Å². The number of aromatic nitrogens is 4. The van der Waals surface area contributed by atoms with E-state index >= 15 is 0 Å². The van der Waals surface area contributed by atoms with Crippen molar-refractivity contribution < 1.29 is 18.0 Å². The van der Waals surface area contributed by atoms with Crippen molar-refractivity contribution in [2.45, 2.75) is 58.9 Å². The minimum absolute atomic E-state index is 0.00567. The molecule has 8 nitrogen and oxygen atoms in total. The maximum absolute atomic E-state index is 13.7. The third kappa shape index (κ3) is 5.26. The van der Waals surface area contributed by atoms with Gasteiger partial charge in [0.1, 0.15) is 12.1 Å². The molecule has 0 unspecified atom stereocenters. The van der Waals surface area contributed by atoms with Crippen molar-refractivity contribution in [2.75, 3.05) is 17.2 Å². The molecule has 1 aliphatic carbocycles. The first-order chi connectivity index (χ1) is 16.4. The molecule has 182 valence electrons. The quantitative estimate of drug-likeness (QED) is 0.421. The highest BCUT2D eigenvalue weighted by Crippen LogP contribution is 2.37. The topological polar surface area (TPSA) is 97.9 Å². The predicted octanol–water partition coefficient (Wildman–Crippen LogP) is 5.94. The van der Waals surface area contributed by atoms with Gasteiger partial charge in [0.15, 0.2) is 11.4 Å². The molecule has 0 bridgehead atoms. The largest absolute Gasteiger partial charge is 0.444 e. The summed E-state index contributed by atoms with van der Waals surface area (Å²) in [6.45, 7) is 7.09. The molecule has 0 atom stereocenters. The Balaban J connectivity index is 1.48. The van der Waals surface area contributed by atoms with Gasteiger partial charge >= 0.3 is 0 Å². The first kappa shape index (κ1) is 23.8. The molecular formula is C24H30F2N6O2. The van der Waals surface area contributed by atoms with Crippen molar-refractivity contribution >= 4 is 17.4 Å². The van der Waals surface area contributed by atoms with E-state index in [1.807, 2.05) is 6.92 Å². The van der Waals surface area contributed by atoms with Crippen LogP contribution in [0.2, 0.25) is 0 Å². The minimum atomic E-state index is -2.81. The molecule has 0 radical (unpaired) electrons. The molecule has 3 aromatic heterocycles. The van der Waals surface area contributed by atoms with Crippen LogP contribution in [0.15, 0.2) is 35.2 Å². The summed E-state index contributed by atoms with van der Waals surface area (Å²) in [6.07, 6.45) is 5.36. The first-order valence-electron chi connectivity index (χ1n) is 11.7. The van der Waals surface area contributed by atoms with Gasteiger partial charge in [-0.2, -0.15) is 5.10 Å². The number of halogens is 2. The predicted molar refractivity (Wildman–Crippen MR) is 125 cm³/mol. The number of oxazole rings is 1. The van der Waals surface area contributed by atoms with Gasteiger partial charge in [0.25, 0.3) is 12.3 Å². The maximum atomic E-state index is 13.7. The second-order valence-corrected chi connectivity index (χ2v) is 8.97. The third-order valence-electron chi connectivity index (χ3n) is 6.38. The fourth-order valence-electron chi connectivity index (χ4n) is 4.42. The van der Waals surface area contributed by atoms with Gasteiger partial charge < -0.3 is 15.1 Å². The van der Waals surface area contributed by atoms with Crippen LogP contribution in [-0.2, 0) is 0 Å². The lowest BCUT2D eigenvalue weighted by atomic mass is 9.80. The van der Waals surface area contributed by atoms with Crippen molar-refractivity contribution in [3.8, 4) is 11.5 Å². The number of nitrogens with one attached hydrogen (secondary N) is 2. The van der Waals surface area contributed by atoms with Gasteiger partial charge in [-0.05, 0) is 56.6 Å². The number of amides is 1. The average molecular weight is 473 g/mol. The number of anilines is 2. The molecule has 2 N–H and O–H groups in total. The van der Waals surface area contributed by atoms with Crippen LogP contribution in [0.25, 0.3) is 11.5 Å². The standard InChI is InChI=1S/C24H30F2N6O2/c1-4-27-20-11-16(9-10-28-20)24-30-19(13-34-24)23(33)29-18-12-32(31-21(18)22(25)26)17-7-5-15(6-8-17)14(2)3/h9-15,17,22H,4-8H2,1-3H3,(H,27,28)(H,29,33). The molecule has 0 aliphatic heterocycles. The zero-order chi connectivity index (χ0) is 24.2. The third-order valence-corrected chi connectivity index (χ3v) is 6.38. The fourth-order valence-corrected chi connectivity index (χ4v) is 4.42. The highest BCUT2D eigenvalue weighted by Gasteiger charge is 2.28. The van der Waals surface area contributed by atoms with Crippen LogP contribution in [0.1, 0.15) is 75.1 Å². The molecule has 3 aromatic rings. The molecule has 4 rings (SSSR count). The Kier molecular flexibility index (Phi) is 7.23. The summed E-state index contributed by atoms with van der Waals surface area (Å²) in [5.74, 6) is 1.51. The van der Waals surface area contributed by atoms with E-state index in [1.54, 1.807) is 23.0 Å². The number of hydrogen-bond donors (Lipinski definition) is 2. The Labute approximate surface area is 197 Å². The van der Waals surface area contributed by atoms with Crippen LogP contribution in [-0.4, -0.2) is 32.2 Å². The summed E-state index contributed by atoms with van der Waals surface area (Å²) in [5.41, 5.74) is 0.187. The summed E-state index contributed by atoms with van der Waals surface area (Å²) in [7, 11) is 0. The second kappa shape index (κ2) is 10.3. The van der Waals surface area contributed by atoms with Gasteiger partial charge in [-0.3, -0.25) is 9.48 Å². The van der Waals surface area contributed by atoms with Crippen molar-refractivity contribution in [1.29, 1.82) is 0 Å². The van der Waals surface area contributed by atoms with Crippen LogP contribution >= 0.6 is 0 Å². The van der Waals surface area contributed by atoms with Crippen LogP contribution in [0.4, 0.5) is 20.3 Å². The van der Waals surface area contributed by atoms with E-state index in [9.17, 15) is 13.6 Å². The van der Waals surface area contributed by atoms with Crippen LogP contribution in [0, 0.1) is 11.8 Å². The number of hydrogen-bond acceptors (Lipinski definition) is 6. The molecular weight excluding hydrogens is 442 g/mol. The molecule has 1 amide bonds. The Morgan fingerprint density at radius 2 is 2.03 bits per heavy atom. The van der Waals surface area contributed by atoms with Crippen molar-refractivity contribution in [2.24, 2.45) is 11.8 Å². The van der Waals surface area contributed by atoms with Gasteiger partial charge in [0.05, 0.1) is 11.7 Å². The molecule has 0 spiro atoms. The SMILES string of the molecule is CCNc1cc(-c2nc(C(=O)Nc3cn(C4CCC(C(C)C)CC4)nc3C(F)F)co2)ccn1. The molecule has 34 heavy (non-hydrogen) atoms. The van der Waals surface area contributed by atoms with Crippen LogP contribution in [0.3, 0.4) is 0 Å². The van der Waals surface area contributed by atoms with Gasteiger partial charge in [-0.25, -0.2) is 18.7 Å². The first-order valence-corrected chi connectivity index (χ1v) is 11.7. The monoisotopic (exact) mass is 472 g/mol. The number of alkyl halides is 2. The number of carbonyl (C=O) groups excluding carboxylic acids is 1. The van der Waals surface area contributed by atoms with E-state index in [-0.39, 0.29) is 23.3 Å². The fraction of sp³-hybridized carbons (Fsp3) is 0.500. The summed E-state index contributed by atoms with van der Waals surface area (Å²) in [4.78, 5) is 21.2. The molecule has 1 saturated carbocycles. The Hall–Kier alpha value is -3.30. The molecule has 0 aromatic carbocycles. The number of pyridine rings is 1. The molecule has 10 heteroatoms. The van der Waals surface area contributed by atoms with Gasteiger partial charge in [-0.1, -0.05) is 13.8 Å². The molecule has 3 heterocycles. The van der Waals surface area contributed by atoms with E-state index in [0.717, 1.165) is 25.7 Å². The number of rotatable bonds is 8. The van der Waals surface area contributed by atoms with Crippen molar-refractivity contribution in [3.05, 3.63) is 42.2 Å². The van der Waals surface area contributed by atoms with E-state index in [1.165, 1.54) is 12.5 Å². The molecule has 1 aliphatic rings. The lowest BCUT2D eigenvalue weighted by Crippen LogP contribution is -2.21. The summed E-state index contributed by atoms with van der Waals surface area (Å²) in [6, 6.07) is 3.51. The molecule has 1 fully saturated rings. The lowest BCUT2D eigenvalue weighted by Gasteiger charge is -2.30. The van der Waals surface area contributed by atoms with E-state index < -0.39 is 18.0 Å². The van der Waals surface area contributed by atoms with Crippen LogP contribution < -0.4 is 10.6 Å². The second-order valence-electron chi connectivity index (χ2n) is 8.97. The van der Waals surface area contributed by atoms with Crippen LogP contribution in [0.5, 0.6) is 0 Å². The normalized spacial score (nSPS) is 18.4. The Morgan fingerprint density at radius 1 is 1.26 bits per heavy atom. The summed E-state index contributed by atoms with van der Waals surface area (Å²) < 4.78 is 34.4. The smallest absolute Gasteiger partial charge is 0.284 e. The lowest BCUT2D eigenvalue weighted by molar-refractivity contribution is 0.102. The van der Waals surface area contributed by atoms with Crippen molar-refractivity contribution in [1.82, 2.24) is 19.7 Å². The highest BCUT2D eigenvalue weighted by molar-refractivity contribution is 6.03. The van der Waals surface area contributed by atoms with E-state index in [4.69, 9.17) is 4.42 Å². The molecule has 0 saturated heterocycles. The van der Waals surface area contributed by atoms with E-state index in [0.29, 0.717) is 29.8 Å². The highest BCUT2D eigenvalue weighted by atomic mass is 19.3. The summed E-state index contributed by atoms with van der Waals surface area (Å²) in [5, 5.41) is 9.76. The minimum Gasteiger partial charge on any atom is -0.444 e.